The van der Waals surface area contributed by atoms with Crippen LogP contribution in [0.2, 0.25) is 5.02 Å². The maximum absolute atomic E-state index is 12.0. The highest BCUT2D eigenvalue weighted by Gasteiger charge is 2.15. The molecule has 0 bridgehead atoms. The lowest BCUT2D eigenvalue weighted by atomic mass is 10.4. The van der Waals surface area contributed by atoms with E-state index in [0.29, 0.717) is 24.1 Å². The largest absolute Gasteiger partial charge is 0.383 e. The van der Waals surface area contributed by atoms with Gasteiger partial charge in [0.25, 0.3) is 5.56 Å². The molecule has 1 atom stereocenters. The lowest BCUT2D eigenvalue weighted by molar-refractivity contribution is 0.182. The van der Waals surface area contributed by atoms with Crippen molar-refractivity contribution in [1.82, 2.24) is 9.78 Å². The van der Waals surface area contributed by atoms with E-state index in [4.69, 9.17) is 16.3 Å². The van der Waals surface area contributed by atoms with E-state index in [2.05, 4.69) is 10.4 Å². The molecule has 20 heavy (non-hydrogen) atoms. The minimum atomic E-state index is -0.278. The minimum absolute atomic E-state index is 0.199. The van der Waals surface area contributed by atoms with Gasteiger partial charge in [0.2, 0.25) is 0 Å². The van der Waals surface area contributed by atoms with E-state index in [1.54, 1.807) is 13.3 Å². The predicted octanol–water partition coefficient (Wildman–Crippen LogP) is 1.80. The molecule has 0 amide bonds. The molecule has 1 aromatic rings. The fourth-order valence-electron chi connectivity index (χ4n) is 1.80. The van der Waals surface area contributed by atoms with Crippen molar-refractivity contribution in [3.63, 3.8) is 0 Å². The predicted molar refractivity (Wildman–Crippen MR) is 87.4 cm³/mol. The van der Waals surface area contributed by atoms with Gasteiger partial charge in [0, 0.05) is 36.2 Å². The van der Waals surface area contributed by atoms with Gasteiger partial charge in [0.1, 0.15) is 5.02 Å². The summed E-state index contributed by atoms with van der Waals surface area (Å²) in [6.45, 7) is 1.65. The molecule has 112 valence electrons. The average Bonchev–Trinajstić information content (AvgIpc) is 2.49. The van der Waals surface area contributed by atoms with Crippen LogP contribution in [-0.2, 0) is 11.3 Å². The monoisotopic (exact) mass is 335 g/mol. The normalized spacial score (nSPS) is 19.0. The van der Waals surface area contributed by atoms with Gasteiger partial charge in [-0.3, -0.25) is 4.79 Å². The SMILES string of the molecule is COCCn1ncc(NCC2CSCCS2)c(Cl)c1=O. The Morgan fingerprint density at radius 2 is 2.45 bits per heavy atom. The Bertz CT molecular complexity index is 492. The van der Waals surface area contributed by atoms with Crippen LogP contribution in [0.5, 0.6) is 0 Å². The number of hydrogen-bond acceptors (Lipinski definition) is 6. The van der Waals surface area contributed by atoms with E-state index >= 15 is 0 Å². The first-order valence-corrected chi connectivity index (χ1v) is 8.98. The Labute approximate surface area is 131 Å². The van der Waals surface area contributed by atoms with Gasteiger partial charge in [0.15, 0.2) is 0 Å². The summed E-state index contributed by atoms with van der Waals surface area (Å²) in [7, 11) is 1.59. The smallest absolute Gasteiger partial charge is 0.287 e. The number of nitrogens with one attached hydrogen (secondary N) is 1. The van der Waals surface area contributed by atoms with E-state index in [1.165, 1.54) is 16.2 Å². The Kier molecular flexibility index (Phi) is 6.54. The molecular formula is C12H18ClN3O2S2. The Morgan fingerprint density at radius 1 is 1.60 bits per heavy atom. The number of aromatic nitrogens is 2. The number of ether oxygens (including phenoxy) is 1. The van der Waals surface area contributed by atoms with Crippen LogP contribution in [0.15, 0.2) is 11.0 Å². The topological polar surface area (TPSA) is 56.1 Å². The van der Waals surface area contributed by atoms with Crippen molar-refractivity contribution in [2.24, 2.45) is 0 Å². The fraction of sp³-hybridized carbons (Fsp3) is 0.667. The van der Waals surface area contributed by atoms with Crippen LogP contribution < -0.4 is 10.9 Å². The highest BCUT2D eigenvalue weighted by molar-refractivity contribution is 8.06. The van der Waals surface area contributed by atoms with Crippen LogP contribution in [0, 0.1) is 0 Å². The van der Waals surface area contributed by atoms with Gasteiger partial charge >= 0.3 is 0 Å². The molecule has 0 aromatic carbocycles. The van der Waals surface area contributed by atoms with Crippen LogP contribution in [0.3, 0.4) is 0 Å². The second-order valence-corrected chi connectivity index (χ2v) is 7.28. The van der Waals surface area contributed by atoms with Gasteiger partial charge in [-0.25, -0.2) is 4.68 Å². The van der Waals surface area contributed by atoms with E-state index in [0.717, 1.165) is 12.3 Å². The van der Waals surface area contributed by atoms with E-state index in [9.17, 15) is 4.79 Å². The van der Waals surface area contributed by atoms with Crippen molar-refractivity contribution < 1.29 is 4.74 Å². The molecule has 0 saturated carbocycles. The molecule has 1 unspecified atom stereocenters. The van der Waals surface area contributed by atoms with E-state index in [-0.39, 0.29) is 10.6 Å². The number of halogens is 1. The number of rotatable bonds is 6. The summed E-state index contributed by atoms with van der Waals surface area (Å²) >= 11 is 10.0. The molecule has 5 nitrogen and oxygen atoms in total. The first kappa shape index (κ1) is 16.0. The number of thioether (sulfide) groups is 2. The first-order chi connectivity index (χ1) is 9.72. The summed E-state index contributed by atoms with van der Waals surface area (Å²) in [6, 6.07) is 0. The van der Waals surface area contributed by atoms with Gasteiger partial charge in [-0.1, -0.05) is 11.6 Å². The Morgan fingerprint density at radius 3 is 3.15 bits per heavy atom. The second-order valence-electron chi connectivity index (χ2n) is 4.34. The van der Waals surface area contributed by atoms with Gasteiger partial charge in [-0.2, -0.15) is 28.6 Å². The van der Waals surface area contributed by atoms with Crippen molar-refractivity contribution in [3.8, 4) is 0 Å². The molecule has 1 aromatic heterocycles. The van der Waals surface area contributed by atoms with Gasteiger partial charge in [-0.05, 0) is 0 Å². The Hall–Kier alpha value is -0.370. The van der Waals surface area contributed by atoms with Gasteiger partial charge < -0.3 is 10.1 Å². The Balaban J connectivity index is 1.97. The van der Waals surface area contributed by atoms with Crippen LogP contribution >= 0.6 is 35.1 Å². The molecule has 1 aliphatic rings. The molecule has 1 fully saturated rings. The summed E-state index contributed by atoms with van der Waals surface area (Å²) in [5.74, 6) is 3.54. The lowest BCUT2D eigenvalue weighted by Crippen LogP contribution is -2.28. The lowest BCUT2D eigenvalue weighted by Gasteiger charge is -2.21. The molecule has 0 spiro atoms. The van der Waals surface area contributed by atoms with Gasteiger partial charge in [0.05, 0.1) is 25.0 Å². The number of hydrogen-bond donors (Lipinski definition) is 1. The maximum Gasteiger partial charge on any atom is 0.287 e. The van der Waals surface area contributed by atoms with Crippen LogP contribution in [0.1, 0.15) is 0 Å². The van der Waals surface area contributed by atoms with E-state index in [1.807, 2.05) is 23.5 Å². The molecule has 2 rings (SSSR count). The molecule has 8 heteroatoms. The first-order valence-electron chi connectivity index (χ1n) is 6.40. The van der Waals surface area contributed by atoms with Crippen LogP contribution in [0.4, 0.5) is 5.69 Å². The summed E-state index contributed by atoms with van der Waals surface area (Å²) in [4.78, 5) is 12.0. The summed E-state index contributed by atoms with van der Waals surface area (Å²) in [6.07, 6.45) is 1.61. The third-order valence-electron chi connectivity index (χ3n) is 2.90. The van der Waals surface area contributed by atoms with Crippen LogP contribution in [0.25, 0.3) is 0 Å². The highest BCUT2D eigenvalue weighted by Crippen LogP contribution is 2.25. The standard InChI is InChI=1S/C12H18ClN3O2S2/c1-18-3-2-16-12(17)11(13)10(7-15-16)14-6-9-8-19-4-5-20-9/h7,9,14H,2-6,8H2,1H3. The molecule has 0 aliphatic carbocycles. The number of anilines is 1. The van der Waals surface area contributed by atoms with E-state index < -0.39 is 0 Å². The number of methoxy groups -OCH3 is 1. The number of nitrogens with zero attached hydrogens (tertiary/aromatic N) is 2. The molecule has 0 radical (unpaired) electrons. The van der Waals surface area contributed by atoms with Crippen molar-refractivity contribution in [2.45, 2.75) is 11.8 Å². The quantitative estimate of drug-likeness (QED) is 0.855. The van der Waals surface area contributed by atoms with Gasteiger partial charge in [-0.15, -0.1) is 0 Å². The van der Waals surface area contributed by atoms with Crippen molar-refractivity contribution >= 4 is 40.8 Å². The van der Waals surface area contributed by atoms with Crippen molar-refractivity contribution in [1.29, 1.82) is 0 Å². The third kappa shape index (κ3) is 4.31. The third-order valence-corrected chi connectivity index (χ3v) is 6.11. The average molecular weight is 336 g/mol. The molecule has 1 saturated heterocycles. The molecule has 1 N–H and O–H groups in total. The second kappa shape index (κ2) is 8.17. The molecule has 1 aliphatic heterocycles. The van der Waals surface area contributed by atoms with Crippen LogP contribution in [-0.4, -0.2) is 52.6 Å². The zero-order valence-electron chi connectivity index (χ0n) is 11.3. The molecule has 2 heterocycles. The minimum Gasteiger partial charge on any atom is -0.383 e. The maximum atomic E-state index is 12.0. The summed E-state index contributed by atoms with van der Waals surface area (Å²) < 4.78 is 6.26. The summed E-state index contributed by atoms with van der Waals surface area (Å²) in [5, 5.41) is 8.09. The molecular weight excluding hydrogens is 318 g/mol. The fourth-order valence-corrected chi connectivity index (χ4v) is 4.63. The highest BCUT2D eigenvalue weighted by atomic mass is 35.5. The zero-order valence-corrected chi connectivity index (χ0v) is 13.7. The summed E-state index contributed by atoms with van der Waals surface area (Å²) in [5.41, 5.74) is 0.334. The zero-order chi connectivity index (χ0) is 14.4. The van der Waals surface area contributed by atoms with Crippen molar-refractivity contribution in [3.05, 3.63) is 21.6 Å². The van der Waals surface area contributed by atoms with Crippen molar-refractivity contribution in [2.75, 3.05) is 42.8 Å².